The predicted octanol–water partition coefficient (Wildman–Crippen LogP) is 5.03. The number of ether oxygens (including phenoxy) is 1. The van der Waals surface area contributed by atoms with E-state index in [-0.39, 0.29) is 25.0 Å². The van der Waals surface area contributed by atoms with Gasteiger partial charge in [-0.05, 0) is 41.2 Å². The number of hydrogen-bond donors (Lipinski definition) is 2. The molecule has 2 atom stereocenters. The van der Waals surface area contributed by atoms with E-state index < -0.39 is 17.6 Å². The first kappa shape index (κ1) is 23.1. The molecule has 3 aromatic carbocycles. The van der Waals surface area contributed by atoms with Crippen molar-refractivity contribution >= 4 is 12.1 Å². The third-order valence-electron chi connectivity index (χ3n) is 7.24. The van der Waals surface area contributed by atoms with Gasteiger partial charge in [0.2, 0.25) is 0 Å². The van der Waals surface area contributed by atoms with Crippen LogP contribution < -0.4 is 5.32 Å². The van der Waals surface area contributed by atoms with Crippen LogP contribution in [-0.2, 0) is 16.1 Å². The van der Waals surface area contributed by atoms with Crippen LogP contribution in [0.4, 0.5) is 4.79 Å². The number of nitrogens with one attached hydrogen (secondary N) is 1. The number of hydrogen-bond acceptors (Lipinski definition) is 4. The molecule has 0 aromatic heterocycles. The summed E-state index contributed by atoms with van der Waals surface area (Å²) in [6, 6.07) is 26.6. The molecule has 2 aliphatic rings. The topological polar surface area (TPSA) is 78.9 Å². The van der Waals surface area contributed by atoms with Crippen molar-refractivity contribution in [2.75, 3.05) is 13.2 Å². The molecule has 35 heavy (non-hydrogen) atoms. The lowest BCUT2D eigenvalue weighted by Crippen LogP contribution is -2.52. The lowest BCUT2D eigenvalue weighted by Gasteiger charge is -2.29. The fraction of sp³-hybridized carbons (Fsp3) is 0.310. The molecule has 1 amide bonds. The summed E-state index contributed by atoms with van der Waals surface area (Å²) < 4.78 is 5.74. The van der Waals surface area contributed by atoms with Crippen molar-refractivity contribution in [2.45, 2.75) is 43.8 Å². The number of benzene rings is 3. The van der Waals surface area contributed by atoms with Gasteiger partial charge in [-0.2, -0.15) is 0 Å². The summed E-state index contributed by atoms with van der Waals surface area (Å²) in [6.07, 6.45) is -0.162. The Bertz CT molecular complexity index is 1180. The first-order chi connectivity index (χ1) is 16.9. The molecule has 2 unspecified atom stereocenters. The minimum atomic E-state index is -0.933. The zero-order valence-electron chi connectivity index (χ0n) is 19.8. The van der Waals surface area contributed by atoms with Crippen molar-refractivity contribution in [2.24, 2.45) is 0 Å². The number of carbonyl (C=O) groups excluding carboxylic acids is 1. The number of fused-ring (bicyclic) bond motifs is 3. The molecular weight excluding hydrogens is 440 g/mol. The van der Waals surface area contributed by atoms with Gasteiger partial charge in [0, 0.05) is 25.0 Å². The Morgan fingerprint density at radius 1 is 0.971 bits per heavy atom. The van der Waals surface area contributed by atoms with Gasteiger partial charge in [-0.25, -0.2) is 4.79 Å². The fourth-order valence-electron chi connectivity index (χ4n) is 5.74. The highest BCUT2D eigenvalue weighted by Gasteiger charge is 2.45. The van der Waals surface area contributed by atoms with E-state index in [4.69, 9.17) is 4.74 Å². The van der Waals surface area contributed by atoms with Crippen LogP contribution in [0.5, 0.6) is 0 Å². The van der Waals surface area contributed by atoms with Crippen molar-refractivity contribution in [3.05, 3.63) is 95.6 Å². The van der Waals surface area contributed by atoms with Crippen LogP contribution in [0.3, 0.4) is 0 Å². The minimum absolute atomic E-state index is 0.0411. The number of carbonyl (C=O) groups is 2. The van der Waals surface area contributed by atoms with E-state index in [0.29, 0.717) is 19.5 Å². The summed E-state index contributed by atoms with van der Waals surface area (Å²) in [5.74, 6) is -0.974. The van der Waals surface area contributed by atoms with Crippen LogP contribution >= 0.6 is 0 Å². The fourth-order valence-corrected chi connectivity index (χ4v) is 5.74. The summed E-state index contributed by atoms with van der Waals surface area (Å²) in [5.41, 5.74) is 4.91. The van der Waals surface area contributed by atoms with Gasteiger partial charge in [-0.15, -0.1) is 0 Å². The summed E-state index contributed by atoms with van der Waals surface area (Å²) in [6.45, 7) is 3.44. The molecule has 0 radical (unpaired) electrons. The number of likely N-dealkylation sites (tertiary alicyclic amines) is 1. The molecule has 0 saturated carbocycles. The number of rotatable bonds is 7. The van der Waals surface area contributed by atoms with Gasteiger partial charge in [0.25, 0.3) is 0 Å². The Balaban J connectivity index is 1.28. The molecular formula is C29H30N2O4. The highest BCUT2D eigenvalue weighted by molar-refractivity contribution is 5.79. The minimum Gasteiger partial charge on any atom is -0.481 e. The average Bonchev–Trinajstić information content (AvgIpc) is 3.31. The summed E-state index contributed by atoms with van der Waals surface area (Å²) in [7, 11) is 0. The molecule has 1 heterocycles. The molecule has 1 fully saturated rings. The Kier molecular flexibility index (Phi) is 6.31. The second kappa shape index (κ2) is 9.55. The number of alkyl carbamates (subject to hydrolysis) is 1. The van der Waals surface area contributed by atoms with E-state index in [9.17, 15) is 14.7 Å². The highest BCUT2D eigenvalue weighted by atomic mass is 16.5. The SMILES string of the molecule is CC1CC(CC(=O)O)(NC(=O)OCC2c3ccccc3-c3ccccc32)CN1Cc1ccccc1. The summed E-state index contributed by atoms with van der Waals surface area (Å²) in [4.78, 5) is 27.0. The second-order valence-corrected chi connectivity index (χ2v) is 9.75. The molecule has 2 N–H and O–H groups in total. The number of carboxylic acids is 1. The molecule has 0 spiro atoms. The van der Waals surface area contributed by atoms with Gasteiger partial charge >= 0.3 is 12.1 Å². The molecule has 3 aromatic rings. The van der Waals surface area contributed by atoms with Crippen molar-refractivity contribution in [1.82, 2.24) is 10.2 Å². The van der Waals surface area contributed by atoms with Crippen LogP contribution in [-0.4, -0.2) is 46.8 Å². The Labute approximate surface area is 205 Å². The maximum absolute atomic E-state index is 13.0. The maximum atomic E-state index is 13.0. The van der Waals surface area contributed by atoms with Gasteiger partial charge < -0.3 is 15.2 Å². The largest absolute Gasteiger partial charge is 0.481 e. The number of aliphatic carboxylic acids is 1. The zero-order valence-corrected chi connectivity index (χ0v) is 19.8. The van der Waals surface area contributed by atoms with Gasteiger partial charge in [-0.3, -0.25) is 9.69 Å². The lowest BCUT2D eigenvalue weighted by molar-refractivity contribution is -0.138. The van der Waals surface area contributed by atoms with Gasteiger partial charge in [-0.1, -0.05) is 78.9 Å². The van der Waals surface area contributed by atoms with Crippen molar-refractivity contribution < 1.29 is 19.4 Å². The summed E-state index contributed by atoms with van der Waals surface area (Å²) >= 11 is 0. The van der Waals surface area contributed by atoms with Crippen LogP contribution in [0.15, 0.2) is 78.9 Å². The normalized spacial score (nSPS) is 21.3. The highest BCUT2D eigenvalue weighted by Crippen LogP contribution is 2.44. The zero-order chi connectivity index (χ0) is 24.4. The Hall–Kier alpha value is -3.64. The number of amides is 1. The van der Waals surface area contributed by atoms with E-state index in [1.807, 2.05) is 42.5 Å². The van der Waals surface area contributed by atoms with Crippen LogP contribution in [0.2, 0.25) is 0 Å². The Morgan fingerprint density at radius 3 is 2.20 bits per heavy atom. The van der Waals surface area contributed by atoms with E-state index in [1.54, 1.807) is 0 Å². The van der Waals surface area contributed by atoms with E-state index in [0.717, 1.165) is 16.7 Å². The molecule has 5 rings (SSSR count). The number of carboxylic acid groups (broad SMARTS) is 1. The molecule has 6 nitrogen and oxygen atoms in total. The standard InChI is InChI=1S/C29H30N2O4/c1-20-15-29(16-27(32)33,19-31(20)17-21-9-3-2-4-10-21)30-28(34)35-18-26-24-13-7-5-11-22(24)23-12-6-8-14-25(23)26/h2-14,20,26H,15-19H2,1H3,(H,30,34)(H,32,33). The number of nitrogens with zero attached hydrogens (tertiary/aromatic N) is 1. The van der Waals surface area contributed by atoms with Crippen LogP contribution in [0, 0.1) is 0 Å². The monoisotopic (exact) mass is 470 g/mol. The van der Waals surface area contributed by atoms with Crippen LogP contribution in [0.1, 0.15) is 42.4 Å². The van der Waals surface area contributed by atoms with E-state index in [2.05, 4.69) is 53.5 Å². The van der Waals surface area contributed by atoms with Gasteiger partial charge in [0.1, 0.15) is 6.61 Å². The molecule has 6 heteroatoms. The molecule has 1 saturated heterocycles. The smallest absolute Gasteiger partial charge is 0.407 e. The van der Waals surface area contributed by atoms with Crippen LogP contribution in [0.25, 0.3) is 11.1 Å². The molecule has 0 bridgehead atoms. The third-order valence-corrected chi connectivity index (χ3v) is 7.24. The quantitative estimate of drug-likeness (QED) is 0.506. The lowest BCUT2D eigenvalue weighted by atomic mass is 9.92. The first-order valence-electron chi connectivity index (χ1n) is 12.1. The molecule has 1 aliphatic carbocycles. The predicted molar refractivity (Wildman–Crippen MR) is 134 cm³/mol. The first-order valence-corrected chi connectivity index (χ1v) is 12.1. The van der Waals surface area contributed by atoms with E-state index in [1.165, 1.54) is 11.1 Å². The second-order valence-electron chi connectivity index (χ2n) is 9.75. The van der Waals surface area contributed by atoms with Gasteiger partial charge in [0.15, 0.2) is 0 Å². The van der Waals surface area contributed by atoms with Crippen molar-refractivity contribution in [1.29, 1.82) is 0 Å². The van der Waals surface area contributed by atoms with Crippen molar-refractivity contribution in [3.63, 3.8) is 0 Å². The maximum Gasteiger partial charge on any atom is 0.407 e. The molecule has 1 aliphatic heterocycles. The Morgan fingerprint density at radius 2 is 1.57 bits per heavy atom. The van der Waals surface area contributed by atoms with Gasteiger partial charge in [0.05, 0.1) is 12.0 Å². The summed E-state index contributed by atoms with van der Waals surface area (Å²) in [5, 5.41) is 12.6. The van der Waals surface area contributed by atoms with Crippen molar-refractivity contribution in [3.8, 4) is 11.1 Å². The molecule has 180 valence electrons. The van der Waals surface area contributed by atoms with E-state index >= 15 is 0 Å². The third kappa shape index (κ3) is 4.80. The average molecular weight is 471 g/mol.